The molecule has 0 saturated heterocycles. The molecule has 0 amide bonds. The van der Waals surface area contributed by atoms with Crippen molar-refractivity contribution in [2.45, 2.75) is 44.9 Å². The van der Waals surface area contributed by atoms with E-state index in [1.165, 1.54) is 69.5 Å². The average Bonchev–Trinajstić information content (AvgIpc) is 3.77. The second-order valence-electron chi connectivity index (χ2n) is 17.5. The first kappa shape index (κ1) is 33.1. The zero-order valence-corrected chi connectivity index (χ0v) is 32.6. The molecule has 0 radical (unpaired) electrons. The van der Waals surface area contributed by atoms with Crippen molar-refractivity contribution in [1.82, 2.24) is 0 Å². The van der Waals surface area contributed by atoms with E-state index in [4.69, 9.17) is 4.42 Å². The van der Waals surface area contributed by atoms with Gasteiger partial charge in [-0.05, 0) is 153 Å². The summed E-state index contributed by atoms with van der Waals surface area (Å²) in [6, 6.07) is 61.0. The van der Waals surface area contributed by atoms with Gasteiger partial charge in [-0.15, -0.1) is 0 Å². The molecule has 5 unspecified atom stereocenters. The molecule has 3 aliphatic carbocycles. The molecule has 2 heteroatoms. The number of nitrogens with zero attached hydrogens (tertiary/aromatic N) is 1. The maximum absolute atomic E-state index is 6.40. The van der Waals surface area contributed by atoms with Gasteiger partial charge in [-0.25, -0.2) is 0 Å². The first-order valence-electron chi connectivity index (χ1n) is 21.0. The molecule has 2 saturated carbocycles. The van der Waals surface area contributed by atoms with Gasteiger partial charge >= 0.3 is 0 Å². The van der Waals surface area contributed by atoms with Gasteiger partial charge in [0.05, 0.1) is 11.1 Å². The predicted molar refractivity (Wildman–Crippen MR) is 239 cm³/mol. The molecule has 0 N–H and O–H groups in total. The zero-order valence-electron chi connectivity index (χ0n) is 32.6. The van der Waals surface area contributed by atoms with Crippen LogP contribution in [0.2, 0.25) is 0 Å². The minimum Gasteiger partial charge on any atom is -0.456 e. The van der Waals surface area contributed by atoms with Crippen molar-refractivity contribution in [3.63, 3.8) is 0 Å². The SMILES string of the molecule is CC1CC2CC(C)C3(c4ccccc4-c4c(-c5ccc6cc(N(c7ccc8ccccc8c7)c7cccc8oc9ccccc9c78)ccc6c5)cccc43)C(C1)C2. The van der Waals surface area contributed by atoms with Gasteiger partial charge in [0.2, 0.25) is 0 Å². The third kappa shape index (κ3) is 4.83. The number of para-hydroxylation sites is 1. The van der Waals surface area contributed by atoms with Crippen LogP contribution in [0.5, 0.6) is 0 Å². The van der Waals surface area contributed by atoms with E-state index in [9.17, 15) is 0 Å². The maximum atomic E-state index is 6.40. The standard InChI is InChI=1S/C55H45NO/c1-34-27-36-29-35(2)55(42(28-34)30-36)48-16-7-5-13-46(48)53-45(15-9-17-49(53)55)41-22-21-40-33-44(26-24-39(40)31-41)56(43-25-23-37-11-3-4-12-38(37)32-43)50-18-10-20-52-54(50)47-14-6-8-19-51(47)57-52/h3-26,31-36,42H,27-30H2,1-2H3. The van der Waals surface area contributed by atoms with Crippen LogP contribution in [0.3, 0.4) is 0 Å². The fraction of sp³-hybridized carbons (Fsp3) is 0.200. The number of fused-ring (bicyclic) bond motifs is 13. The van der Waals surface area contributed by atoms with E-state index in [1.54, 1.807) is 11.1 Å². The predicted octanol–water partition coefficient (Wildman–Crippen LogP) is 15.4. The Balaban J connectivity index is 1.01. The van der Waals surface area contributed by atoms with Crippen molar-refractivity contribution in [2.24, 2.45) is 23.7 Å². The van der Waals surface area contributed by atoms with Crippen LogP contribution in [0.4, 0.5) is 17.1 Å². The molecule has 2 nitrogen and oxygen atoms in total. The van der Waals surface area contributed by atoms with Crippen LogP contribution in [0, 0.1) is 23.7 Å². The lowest BCUT2D eigenvalue weighted by Crippen LogP contribution is -2.49. The fourth-order valence-electron chi connectivity index (χ4n) is 12.2. The summed E-state index contributed by atoms with van der Waals surface area (Å²) in [6.07, 6.45) is 5.43. The summed E-state index contributed by atoms with van der Waals surface area (Å²) in [5, 5.41) is 7.16. The highest BCUT2D eigenvalue weighted by Crippen LogP contribution is 2.65. The number of furan rings is 1. The van der Waals surface area contributed by atoms with E-state index in [1.807, 2.05) is 6.07 Å². The number of rotatable bonds is 4. The van der Waals surface area contributed by atoms with Gasteiger partial charge in [0.25, 0.3) is 0 Å². The molecule has 9 aromatic rings. The van der Waals surface area contributed by atoms with Crippen molar-refractivity contribution < 1.29 is 4.42 Å². The Morgan fingerprint density at radius 1 is 0.526 bits per heavy atom. The van der Waals surface area contributed by atoms with Crippen LogP contribution in [0.1, 0.15) is 50.7 Å². The summed E-state index contributed by atoms with van der Waals surface area (Å²) in [6.45, 7) is 5.07. The van der Waals surface area contributed by atoms with Crippen molar-refractivity contribution in [3.8, 4) is 22.3 Å². The third-order valence-corrected chi connectivity index (χ3v) is 14.3. The number of hydrogen-bond acceptors (Lipinski definition) is 2. The van der Waals surface area contributed by atoms with Gasteiger partial charge in [-0.2, -0.15) is 0 Å². The maximum Gasteiger partial charge on any atom is 0.137 e. The summed E-state index contributed by atoms with van der Waals surface area (Å²) >= 11 is 0. The molecule has 1 spiro atoms. The van der Waals surface area contributed by atoms with Gasteiger partial charge in [0.15, 0.2) is 0 Å². The van der Waals surface area contributed by atoms with Gasteiger partial charge < -0.3 is 9.32 Å². The summed E-state index contributed by atoms with van der Waals surface area (Å²) in [5.41, 5.74) is 14.0. The molecule has 57 heavy (non-hydrogen) atoms. The number of anilines is 3. The Morgan fingerprint density at radius 2 is 1.19 bits per heavy atom. The molecule has 276 valence electrons. The monoisotopic (exact) mass is 735 g/mol. The quantitative estimate of drug-likeness (QED) is 0.179. The van der Waals surface area contributed by atoms with Crippen molar-refractivity contribution in [3.05, 3.63) is 175 Å². The lowest BCUT2D eigenvalue weighted by Gasteiger charge is -2.54. The highest BCUT2D eigenvalue weighted by Gasteiger charge is 2.56. The second-order valence-corrected chi connectivity index (χ2v) is 17.5. The number of hydrogen-bond donors (Lipinski definition) is 0. The van der Waals surface area contributed by atoms with E-state index in [-0.39, 0.29) is 5.41 Å². The minimum absolute atomic E-state index is 0.0915. The van der Waals surface area contributed by atoms with Crippen LogP contribution in [0.25, 0.3) is 65.7 Å². The van der Waals surface area contributed by atoms with E-state index in [0.29, 0.717) is 11.8 Å². The van der Waals surface area contributed by atoms with Gasteiger partial charge in [0, 0.05) is 22.2 Å². The van der Waals surface area contributed by atoms with E-state index < -0.39 is 0 Å². The number of benzene rings is 8. The lowest BCUT2D eigenvalue weighted by atomic mass is 9.49. The second kappa shape index (κ2) is 12.4. The largest absolute Gasteiger partial charge is 0.456 e. The third-order valence-electron chi connectivity index (χ3n) is 14.3. The molecule has 2 fully saturated rings. The molecular weight excluding hydrogens is 691 g/mol. The summed E-state index contributed by atoms with van der Waals surface area (Å²) in [4.78, 5) is 2.41. The molecule has 12 rings (SSSR count). The zero-order chi connectivity index (χ0) is 37.8. The molecule has 1 aromatic heterocycles. The Bertz CT molecular complexity index is 3060. The minimum atomic E-state index is 0.0915. The summed E-state index contributed by atoms with van der Waals surface area (Å²) in [7, 11) is 0. The van der Waals surface area contributed by atoms with Crippen LogP contribution < -0.4 is 4.90 Å². The average molecular weight is 736 g/mol. The molecule has 1 heterocycles. The van der Waals surface area contributed by atoms with E-state index in [0.717, 1.165) is 50.8 Å². The van der Waals surface area contributed by atoms with Gasteiger partial charge in [0.1, 0.15) is 11.2 Å². The molecule has 5 atom stereocenters. The Morgan fingerprint density at radius 3 is 2.09 bits per heavy atom. The van der Waals surface area contributed by atoms with Crippen molar-refractivity contribution in [2.75, 3.05) is 4.90 Å². The first-order valence-corrected chi connectivity index (χ1v) is 21.0. The summed E-state index contributed by atoms with van der Waals surface area (Å²) < 4.78 is 6.40. The lowest BCUT2D eigenvalue weighted by molar-refractivity contribution is 0.0426. The van der Waals surface area contributed by atoms with Gasteiger partial charge in [-0.1, -0.05) is 129 Å². The molecule has 2 bridgehead atoms. The van der Waals surface area contributed by atoms with Crippen molar-refractivity contribution >= 4 is 60.5 Å². The fourth-order valence-corrected chi connectivity index (χ4v) is 12.2. The highest BCUT2D eigenvalue weighted by molar-refractivity contribution is 6.14. The molecule has 3 aliphatic rings. The van der Waals surface area contributed by atoms with Crippen LogP contribution in [0.15, 0.2) is 168 Å². The highest BCUT2D eigenvalue weighted by atomic mass is 16.3. The normalized spacial score (nSPS) is 22.4. The van der Waals surface area contributed by atoms with E-state index in [2.05, 4.69) is 176 Å². The molecule has 0 aliphatic heterocycles. The Hall–Kier alpha value is -6.12. The van der Waals surface area contributed by atoms with E-state index >= 15 is 0 Å². The van der Waals surface area contributed by atoms with Crippen molar-refractivity contribution in [1.29, 1.82) is 0 Å². The Kier molecular flexibility index (Phi) is 7.21. The van der Waals surface area contributed by atoms with Gasteiger partial charge in [-0.3, -0.25) is 0 Å². The topological polar surface area (TPSA) is 16.4 Å². The van der Waals surface area contributed by atoms with Crippen LogP contribution >= 0.6 is 0 Å². The Labute approximate surface area is 334 Å². The smallest absolute Gasteiger partial charge is 0.137 e. The molecular formula is C55H45NO. The van der Waals surface area contributed by atoms with Crippen LogP contribution in [-0.4, -0.2) is 0 Å². The molecule has 8 aromatic carbocycles. The van der Waals surface area contributed by atoms with Crippen LogP contribution in [-0.2, 0) is 5.41 Å². The first-order chi connectivity index (χ1) is 28.0. The summed E-state index contributed by atoms with van der Waals surface area (Å²) in [5.74, 6) is 2.98.